The Morgan fingerprint density at radius 3 is 2.36 bits per heavy atom. The van der Waals surface area contributed by atoms with Crippen molar-refractivity contribution in [2.45, 2.75) is 20.5 Å². The second-order valence-corrected chi connectivity index (χ2v) is 8.21. The number of nitrogens with zero attached hydrogens (tertiary/aromatic N) is 2. The van der Waals surface area contributed by atoms with Gasteiger partial charge >= 0.3 is 5.97 Å². The Bertz CT molecular complexity index is 1390. The fourth-order valence-corrected chi connectivity index (χ4v) is 4.03. The number of aromatic nitrogens is 1. The van der Waals surface area contributed by atoms with Gasteiger partial charge in [0.25, 0.3) is 0 Å². The van der Waals surface area contributed by atoms with Crippen LogP contribution >= 0.6 is 0 Å². The normalized spacial score (nSPS) is 11.3. The molecule has 0 aliphatic heterocycles. The van der Waals surface area contributed by atoms with Gasteiger partial charge in [-0.3, -0.25) is 0 Å². The number of carbonyl (C=O) groups is 1. The quantitative estimate of drug-likeness (QED) is 0.166. The van der Waals surface area contributed by atoms with Gasteiger partial charge in [0.2, 0.25) is 0 Å². The van der Waals surface area contributed by atoms with E-state index in [0.29, 0.717) is 11.3 Å². The summed E-state index contributed by atoms with van der Waals surface area (Å²) in [6.07, 6.45) is 0. The number of esters is 1. The van der Waals surface area contributed by atoms with Gasteiger partial charge in [0.05, 0.1) is 31.2 Å². The van der Waals surface area contributed by atoms with E-state index in [2.05, 4.69) is 9.72 Å². The highest BCUT2D eigenvalue weighted by Gasteiger charge is 2.17. The van der Waals surface area contributed by atoms with Crippen LogP contribution in [0.5, 0.6) is 5.75 Å². The van der Waals surface area contributed by atoms with Crippen molar-refractivity contribution in [1.82, 2.24) is 4.57 Å². The molecular weight excluding hydrogens is 459 g/mol. The second kappa shape index (κ2) is 10.9. The van der Waals surface area contributed by atoms with E-state index in [4.69, 9.17) is 14.3 Å². The molecule has 0 saturated heterocycles. The number of oxime groups is 1. The van der Waals surface area contributed by atoms with Gasteiger partial charge in [0.15, 0.2) is 0 Å². The Morgan fingerprint density at radius 2 is 1.69 bits per heavy atom. The lowest BCUT2D eigenvalue weighted by molar-refractivity contribution is 0.0600. The molecule has 1 heterocycles. The molecule has 4 rings (SSSR count). The van der Waals surface area contributed by atoms with Crippen LogP contribution in [0.1, 0.15) is 34.1 Å². The van der Waals surface area contributed by atoms with Crippen molar-refractivity contribution in [3.05, 3.63) is 107 Å². The topological polar surface area (TPSA) is 62.0 Å². The number of carbonyl (C=O) groups excluding carboxylic acids is 1. The number of benzene rings is 3. The van der Waals surface area contributed by atoms with Crippen LogP contribution in [0.2, 0.25) is 0 Å². The zero-order valence-corrected chi connectivity index (χ0v) is 20.6. The van der Waals surface area contributed by atoms with Crippen LogP contribution in [0.25, 0.3) is 16.9 Å². The van der Waals surface area contributed by atoms with Gasteiger partial charge in [-0.2, -0.15) is 0 Å². The summed E-state index contributed by atoms with van der Waals surface area (Å²) in [6.45, 7) is 4.08. The highest BCUT2D eigenvalue weighted by molar-refractivity contribution is 6.01. The standard InChI is InChI=1S/C29H27FN2O4/c1-19(31-36-18-21-6-5-7-23(16-21)29(33)35-4)27-17-28(22-8-10-24(30)11-9-22)32(20(27)2)25-12-14-26(34-3)15-13-25/h5-17H,18H2,1-4H3/b31-19-. The molecule has 0 atom stereocenters. The lowest BCUT2D eigenvalue weighted by atomic mass is 10.1. The molecule has 3 aromatic carbocycles. The average molecular weight is 487 g/mol. The molecule has 0 saturated carbocycles. The lowest BCUT2D eigenvalue weighted by Gasteiger charge is -2.13. The number of hydrogen-bond acceptors (Lipinski definition) is 5. The van der Waals surface area contributed by atoms with Crippen molar-refractivity contribution < 1.29 is 23.5 Å². The van der Waals surface area contributed by atoms with Gasteiger partial charge in [-0.1, -0.05) is 17.3 Å². The third-order valence-electron chi connectivity index (χ3n) is 5.89. The summed E-state index contributed by atoms with van der Waals surface area (Å²) in [5, 5.41) is 4.34. The smallest absolute Gasteiger partial charge is 0.337 e. The molecule has 6 nitrogen and oxygen atoms in total. The summed E-state index contributed by atoms with van der Waals surface area (Å²) in [5.74, 6) is 0.0653. The molecule has 0 bridgehead atoms. The van der Waals surface area contributed by atoms with Crippen LogP contribution in [0.4, 0.5) is 4.39 Å². The fraction of sp³-hybridized carbons (Fsp3) is 0.172. The summed E-state index contributed by atoms with van der Waals surface area (Å²) >= 11 is 0. The minimum Gasteiger partial charge on any atom is -0.497 e. The van der Waals surface area contributed by atoms with E-state index >= 15 is 0 Å². The molecule has 36 heavy (non-hydrogen) atoms. The van der Waals surface area contributed by atoms with Crippen LogP contribution in [-0.2, 0) is 16.2 Å². The first-order valence-corrected chi connectivity index (χ1v) is 11.4. The first-order chi connectivity index (χ1) is 17.4. The van der Waals surface area contributed by atoms with Crippen molar-refractivity contribution in [2.75, 3.05) is 14.2 Å². The maximum absolute atomic E-state index is 13.6. The summed E-state index contributed by atoms with van der Waals surface area (Å²) in [4.78, 5) is 17.4. The molecule has 0 unspecified atom stereocenters. The average Bonchev–Trinajstić information content (AvgIpc) is 3.25. The summed E-state index contributed by atoms with van der Waals surface area (Å²) in [6, 6.07) is 23.2. The molecule has 0 spiro atoms. The van der Waals surface area contributed by atoms with Gasteiger partial charge in [-0.25, -0.2) is 9.18 Å². The Morgan fingerprint density at radius 1 is 0.972 bits per heavy atom. The zero-order chi connectivity index (χ0) is 25.7. The number of rotatable bonds is 8. The minimum absolute atomic E-state index is 0.200. The maximum Gasteiger partial charge on any atom is 0.337 e. The van der Waals surface area contributed by atoms with Crippen molar-refractivity contribution in [2.24, 2.45) is 5.16 Å². The number of ether oxygens (including phenoxy) is 2. The number of halogens is 1. The van der Waals surface area contributed by atoms with Crippen LogP contribution < -0.4 is 4.74 Å². The molecule has 0 N–H and O–H groups in total. The Hall–Kier alpha value is -4.39. The fourth-order valence-electron chi connectivity index (χ4n) is 4.03. The van der Waals surface area contributed by atoms with Gasteiger partial charge in [0, 0.05) is 16.9 Å². The molecule has 0 amide bonds. The first-order valence-electron chi connectivity index (χ1n) is 11.4. The largest absolute Gasteiger partial charge is 0.497 e. The minimum atomic E-state index is -0.402. The molecule has 184 valence electrons. The van der Waals surface area contributed by atoms with E-state index in [1.807, 2.05) is 50.2 Å². The monoisotopic (exact) mass is 486 g/mol. The van der Waals surface area contributed by atoms with Crippen LogP contribution in [-0.4, -0.2) is 30.5 Å². The molecule has 4 aromatic rings. The number of hydrogen-bond donors (Lipinski definition) is 0. The second-order valence-electron chi connectivity index (χ2n) is 8.21. The Kier molecular flexibility index (Phi) is 7.49. The van der Waals surface area contributed by atoms with Gasteiger partial charge in [-0.05, 0) is 91.7 Å². The Balaban J connectivity index is 1.66. The van der Waals surface area contributed by atoms with Crippen LogP contribution in [0.15, 0.2) is 84.0 Å². The van der Waals surface area contributed by atoms with E-state index in [0.717, 1.165) is 39.5 Å². The summed E-state index contributed by atoms with van der Waals surface area (Å²) in [5.41, 5.74) is 6.50. The van der Waals surface area contributed by atoms with Crippen molar-refractivity contribution in [1.29, 1.82) is 0 Å². The molecule has 0 aliphatic carbocycles. The van der Waals surface area contributed by atoms with Gasteiger partial charge in [0.1, 0.15) is 18.2 Å². The molecule has 0 radical (unpaired) electrons. The first kappa shape index (κ1) is 24.7. The van der Waals surface area contributed by atoms with Gasteiger partial charge < -0.3 is 18.9 Å². The van der Waals surface area contributed by atoms with E-state index in [1.165, 1.54) is 19.2 Å². The third-order valence-corrected chi connectivity index (χ3v) is 5.89. The van der Waals surface area contributed by atoms with E-state index in [-0.39, 0.29) is 12.4 Å². The lowest BCUT2D eigenvalue weighted by Crippen LogP contribution is -2.03. The van der Waals surface area contributed by atoms with Gasteiger partial charge in [-0.15, -0.1) is 0 Å². The van der Waals surface area contributed by atoms with Crippen molar-refractivity contribution in [3.8, 4) is 22.7 Å². The van der Waals surface area contributed by atoms with Crippen molar-refractivity contribution >= 4 is 11.7 Å². The maximum atomic E-state index is 13.6. The molecule has 7 heteroatoms. The molecule has 1 aromatic heterocycles. The predicted octanol–water partition coefficient (Wildman–Crippen LogP) is 6.33. The third kappa shape index (κ3) is 5.30. The van der Waals surface area contributed by atoms with E-state index < -0.39 is 5.97 Å². The van der Waals surface area contributed by atoms with Crippen molar-refractivity contribution in [3.63, 3.8) is 0 Å². The Labute approximate surface area is 209 Å². The van der Waals surface area contributed by atoms with E-state index in [9.17, 15) is 9.18 Å². The highest BCUT2D eigenvalue weighted by atomic mass is 19.1. The molecule has 0 aliphatic rings. The summed E-state index contributed by atoms with van der Waals surface area (Å²) < 4.78 is 25.8. The molecular formula is C29H27FN2O4. The SMILES string of the molecule is COC(=O)c1cccc(CO/N=C(/C)c2cc(-c3ccc(F)cc3)n(-c3ccc(OC)cc3)c2C)c1. The highest BCUT2D eigenvalue weighted by Crippen LogP contribution is 2.31. The predicted molar refractivity (Wildman–Crippen MR) is 137 cm³/mol. The van der Waals surface area contributed by atoms with Crippen LogP contribution in [0, 0.1) is 12.7 Å². The zero-order valence-electron chi connectivity index (χ0n) is 20.6. The molecule has 0 fully saturated rings. The summed E-state index contributed by atoms with van der Waals surface area (Å²) in [7, 11) is 2.98. The number of methoxy groups -OCH3 is 2. The van der Waals surface area contributed by atoms with E-state index in [1.54, 1.807) is 37.4 Å². The van der Waals surface area contributed by atoms with Crippen LogP contribution in [0.3, 0.4) is 0 Å².